The first-order valence-corrected chi connectivity index (χ1v) is 14.5. The summed E-state index contributed by atoms with van der Waals surface area (Å²) in [5.41, 5.74) is 8.63. The van der Waals surface area contributed by atoms with Crippen LogP contribution in [0.1, 0.15) is 38.2 Å². The molecule has 212 valence electrons. The van der Waals surface area contributed by atoms with Crippen LogP contribution in [0.2, 0.25) is 10.0 Å². The molecule has 11 heteroatoms. The Morgan fingerprint density at radius 3 is 2.33 bits per heavy atom. The van der Waals surface area contributed by atoms with Crippen LogP contribution in [0.15, 0.2) is 42.7 Å². The number of halogens is 2. The zero-order valence-corrected chi connectivity index (χ0v) is 24.2. The highest BCUT2D eigenvalue weighted by Gasteiger charge is 2.21. The van der Waals surface area contributed by atoms with Crippen LogP contribution in [0.4, 0.5) is 5.95 Å². The summed E-state index contributed by atoms with van der Waals surface area (Å²) in [5, 5.41) is 4.03. The van der Waals surface area contributed by atoms with Gasteiger partial charge in [-0.25, -0.2) is 15.0 Å². The van der Waals surface area contributed by atoms with Crippen LogP contribution >= 0.6 is 23.2 Å². The molecule has 0 saturated carbocycles. The number of hydrogen-bond donors (Lipinski definition) is 2. The van der Waals surface area contributed by atoms with Crippen LogP contribution in [0.3, 0.4) is 0 Å². The minimum absolute atomic E-state index is 0.0247. The molecule has 0 radical (unpaired) electrons. The van der Waals surface area contributed by atoms with Crippen LogP contribution in [-0.4, -0.2) is 64.5 Å². The molecule has 0 aliphatic carbocycles. The van der Waals surface area contributed by atoms with Gasteiger partial charge >= 0.3 is 0 Å². The second-order valence-corrected chi connectivity index (χ2v) is 11.5. The predicted octanol–water partition coefficient (Wildman–Crippen LogP) is 4.91. The first kappa shape index (κ1) is 28.5. The number of likely N-dealkylation sites (tertiary alicyclic amines) is 1. The number of nitrogens with one attached hydrogen (secondary N) is 1. The lowest BCUT2D eigenvalue weighted by atomic mass is 9.96. The lowest BCUT2D eigenvalue weighted by Crippen LogP contribution is -2.40. The third kappa shape index (κ3) is 7.81. The van der Waals surface area contributed by atoms with Crippen molar-refractivity contribution in [2.75, 3.05) is 37.6 Å². The van der Waals surface area contributed by atoms with Gasteiger partial charge in [0.2, 0.25) is 17.7 Å². The van der Waals surface area contributed by atoms with Crippen molar-refractivity contribution in [2.24, 2.45) is 11.7 Å². The van der Waals surface area contributed by atoms with Gasteiger partial charge in [-0.05, 0) is 74.5 Å². The molecule has 0 atom stereocenters. The normalized spacial score (nSPS) is 17.1. The van der Waals surface area contributed by atoms with E-state index in [1.807, 2.05) is 18.2 Å². The van der Waals surface area contributed by atoms with E-state index in [-0.39, 0.29) is 11.9 Å². The van der Waals surface area contributed by atoms with E-state index in [1.165, 1.54) is 0 Å². The van der Waals surface area contributed by atoms with E-state index in [2.05, 4.69) is 31.2 Å². The average Bonchev–Trinajstić information content (AvgIpc) is 2.93. The Morgan fingerprint density at radius 2 is 1.68 bits per heavy atom. The zero-order chi connectivity index (χ0) is 28.1. The second-order valence-electron chi connectivity index (χ2n) is 10.7. The summed E-state index contributed by atoms with van der Waals surface area (Å²) in [6.07, 6.45) is 7.31. The van der Waals surface area contributed by atoms with Gasteiger partial charge in [0.15, 0.2) is 5.75 Å². The SMILES string of the molecule is CC(=O)NCC1CCN(Cc2cc(Oc3cnc(N4CCC(N)CC4)nc3)nc(-c3cc(Cl)cc(Cl)c3)c2)CC1. The fraction of sp³-hybridized carbons (Fsp3) is 0.448. The van der Waals surface area contributed by atoms with Gasteiger partial charge in [-0.2, -0.15) is 0 Å². The van der Waals surface area contributed by atoms with Crippen LogP contribution < -0.4 is 20.7 Å². The van der Waals surface area contributed by atoms with Gasteiger partial charge < -0.3 is 20.7 Å². The lowest BCUT2D eigenvalue weighted by molar-refractivity contribution is -0.119. The number of rotatable bonds is 8. The van der Waals surface area contributed by atoms with Crippen molar-refractivity contribution in [1.82, 2.24) is 25.2 Å². The number of amides is 1. The summed E-state index contributed by atoms with van der Waals surface area (Å²) in [6, 6.07) is 9.65. The molecule has 2 saturated heterocycles. The van der Waals surface area contributed by atoms with E-state index < -0.39 is 0 Å². The Morgan fingerprint density at radius 1 is 1.00 bits per heavy atom. The fourth-order valence-corrected chi connectivity index (χ4v) is 5.72. The number of carbonyl (C=O) groups is 1. The number of carbonyl (C=O) groups excluding carboxylic acids is 1. The number of nitrogens with two attached hydrogens (primary N) is 1. The van der Waals surface area contributed by atoms with Crippen LogP contribution in [-0.2, 0) is 11.3 Å². The highest BCUT2D eigenvalue weighted by molar-refractivity contribution is 6.35. The van der Waals surface area contributed by atoms with E-state index in [0.717, 1.165) is 81.8 Å². The molecule has 0 unspecified atom stereocenters. The molecule has 0 bridgehead atoms. The molecule has 3 aromatic rings. The molecule has 1 aromatic carbocycles. The molecule has 4 heterocycles. The Balaban J connectivity index is 1.32. The number of anilines is 1. The molecule has 2 aliphatic heterocycles. The number of piperidine rings is 2. The summed E-state index contributed by atoms with van der Waals surface area (Å²) < 4.78 is 6.16. The summed E-state index contributed by atoms with van der Waals surface area (Å²) in [7, 11) is 0. The van der Waals surface area contributed by atoms with Gasteiger partial charge in [-0.1, -0.05) is 23.2 Å². The number of pyridine rings is 1. The number of benzene rings is 1. The highest BCUT2D eigenvalue weighted by Crippen LogP contribution is 2.31. The largest absolute Gasteiger partial charge is 0.436 e. The Hall–Kier alpha value is -2.98. The first-order chi connectivity index (χ1) is 19.3. The minimum atomic E-state index is 0.0247. The molecule has 0 spiro atoms. The number of ether oxygens (including phenoxy) is 1. The van der Waals surface area contributed by atoms with Crippen molar-refractivity contribution in [1.29, 1.82) is 0 Å². The third-order valence-electron chi connectivity index (χ3n) is 7.43. The van der Waals surface area contributed by atoms with Gasteiger partial charge in [-0.3, -0.25) is 9.69 Å². The molecular weight excluding hydrogens is 549 g/mol. The van der Waals surface area contributed by atoms with Crippen molar-refractivity contribution >= 4 is 35.1 Å². The van der Waals surface area contributed by atoms with Crippen LogP contribution in [0, 0.1) is 5.92 Å². The molecule has 40 heavy (non-hydrogen) atoms. The first-order valence-electron chi connectivity index (χ1n) is 13.8. The van der Waals surface area contributed by atoms with E-state index in [1.54, 1.807) is 25.4 Å². The van der Waals surface area contributed by atoms with Crippen molar-refractivity contribution < 1.29 is 9.53 Å². The van der Waals surface area contributed by atoms with E-state index in [0.29, 0.717) is 33.5 Å². The summed E-state index contributed by atoms with van der Waals surface area (Å²) in [6.45, 7) is 6.66. The Labute approximate surface area is 245 Å². The maximum atomic E-state index is 11.3. The molecule has 9 nitrogen and oxygen atoms in total. The molecule has 2 fully saturated rings. The minimum Gasteiger partial charge on any atom is -0.436 e. The fourth-order valence-electron chi connectivity index (χ4n) is 5.19. The lowest BCUT2D eigenvalue weighted by Gasteiger charge is -2.32. The van der Waals surface area contributed by atoms with E-state index in [9.17, 15) is 4.79 Å². The number of aromatic nitrogens is 3. The summed E-state index contributed by atoms with van der Waals surface area (Å²) in [5.74, 6) is 2.17. The van der Waals surface area contributed by atoms with Gasteiger partial charge in [0.1, 0.15) is 0 Å². The maximum absolute atomic E-state index is 11.3. The highest BCUT2D eigenvalue weighted by atomic mass is 35.5. The molecular formula is C29H35Cl2N7O2. The second kappa shape index (κ2) is 13.1. The molecule has 3 N–H and O–H groups in total. The van der Waals surface area contributed by atoms with E-state index in [4.69, 9.17) is 38.7 Å². The van der Waals surface area contributed by atoms with Crippen LogP contribution in [0.25, 0.3) is 11.3 Å². The van der Waals surface area contributed by atoms with Gasteiger partial charge in [0.25, 0.3) is 0 Å². The summed E-state index contributed by atoms with van der Waals surface area (Å²) in [4.78, 5) is 29.7. The van der Waals surface area contributed by atoms with E-state index >= 15 is 0 Å². The maximum Gasteiger partial charge on any atom is 0.225 e. The predicted molar refractivity (Wildman–Crippen MR) is 158 cm³/mol. The zero-order valence-electron chi connectivity index (χ0n) is 22.7. The van der Waals surface area contributed by atoms with Gasteiger partial charge in [0.05, 0.1) is 18.1 Å². The van der Waals surface area contributed by atoms with Gasteiger partial charge in [0, 0.05) is 60.8 Å². The number of hydrogen-bond acceptors (Lipinski definition) is 8. The van der Waals surface area contributed by atoms with Crippen molar-refractivity contribution in [3.8, 4) is 22.9 Å². The quantitative estimate of drug-likeness (QED) is 0.385. The Bertz CT molecular complexity index is 1290. The van der Waals surface area contributed by atoms with Crippen molar-refractivity contribution in [2.45, 2.75) is 45.2 Å². The van der Waals surface area contributed by atoms with Gasteiger partial charge in [-0.15, -0.1) is 0 Å². The topological polar surface area (TPSA) is 110 Å². The average molecular weight is 585 g/mol. The Kier molecular flexibility index (Phi) is 9.36. The molecule has 1 amide bonds. The number of nitrogens with zero attached hydrogens (tertiary/aromatic N) is 5. The molecule has 2 aromatic heterocycles. The smallest absolute Gasteiger partial charge is 0.225 e. The molecule has 2 aliphatic rings. The standard InChI is InChI=1S/C29H35Cl2N7O2/c1-19(39)33-15-20-2-6-37(7-3-20)18-21-10-27(22-12-23(30)14-24(31)13-22)36-28(11-21)40-26-16-34-29(35-17-26)38-8-4-25(32)5-9-38/h10-14,16-17,20,25H,2-9,15,18,32H2,1H3,(H,33,39). The van der Waals surface area contributed by atoms with Crippen molar-refractivity contribution in [3.05, 3.63) is 58.3 Å². The van der Waals surface area contributed by atoms with Crippen molar-refractivity contribution in [3.63, 3.8) is 0 Å². The summed E-state index contributed by atoms with van der Waals surface area (Å²) >= 11 is 12.6. The third-order valence-corrected chi connectivity index (χ3v) is 7.87. The monoisotopic (exact) mass is 583 g/mol. The van der Waals surface area contributed by atoms with Crippen LogP contribution in [0.5, 0.6) is 11.6 Å². The molecule has 5 rings (SSSR count).